The van der Waals surface area contributed by atoms with Crippen LogP contribution in [0.5, 0.6) is 0 Å². The topological polar surface area (TPSA) is 3.88 Å². The number of aromatic nitrogens is 1. The fraction of sp³-hybridized carbons (Fsp3) is 0.214. The van der Waals surface area contributed by atoms with Crippen LogP contribution in [0.15, 0.2) is 36.0 Å². The second-order valence-electron chi connectivity index (χ2n) is 3.79. The maximum Gasteiger partial charge on any atom is 0.172 e. The van der Waals surface area contributed by atoms with Crippen molar-refractivity contribution in [3.63, 3.8) is 0 Å². The first-order chi connectivity index (χ1) is 7.79. The molecule has 82 valence electrons. The molecule has 0 aliphatic carbocycles. The number of hydrogen-bond acceptors (Lipinski definition) is 1. The Labute approximate surface area is 101 Å². The largest absolute Gasteiger partial charge is 0.207 e. The third-order valence-electron chi connectivity index (χ3n) is 2.57. The Balaban J connectivity index is 2.27. The Bertz CT molecular complexity index is 483. The molecular formula is C14H16NS+. The van der Waals surface area contributed by atoms with Crippen molar-refractivity contribution in [1.82, 2.24) is 0 Å². The third-order valence-corrected chi connectivity index (χ3v) is 3.41. The maximum absolute atomic E-state index is 2.20. The van der Waals surface area contributed by atoms with E-state index >= 15 is 0 Å². The van der Waals surface area contributed by atoms with Gasteiger partial charge in [0.1, 0.15) is 7.05 Å². The molecule has 0 fully saturated rings. The number of thiophene rings is 1. The quantitative estimate of drug-likeness (QED) is 0.712. The van der Waals surface area contributed by atoms with Gasteiger partial charge >= 0.3 is 0 Å². The molecule has 0 saturated carbocycles. The summed E-state index contributed by atoms with van der Waals surface area (Å²) in [5.41, 5.74) is 2.70. The number of hydrogen-bond donors (Lipinski definition) is 0. The predicted octanol–water partition coefficient (Wildman–Crippen LogP) is 3.31. The van der Waals surface area contributed by atoms with Crippen molar-refractivity contribution in [2.45, 2.75) is 13.3 Å². The lowest BCUT2D eigenvalue weighted by molar-refractivity contribution is -0.671. The summed E-state index contributed by atoms with van der Waals surface area (Å²) in [7, 11) is 2.06. The lowest BCUT2D eigenvalue weighted by Gasteiger charge is -2.00. The predicted molar refractivity (Wildman–Crippen MR) is 70.2 cm³/mol. The lowest BCUT2D eigenvalue weighted by atomic mass is 10.1. The molecule has 0 saturated heterocycles. The van der Waals surface area contributed by atoms with Gasteiger partial charge in [0.15, 0.2) is 12.4 Å². The van der Waals surface area contributed by atoms with Crippen LogP contribution in [0, 0.1) is 0 Å². The number of aryl methyl sites for hydroxylation is 2. The van der Waals surface area contributed by atoms with Gasteiger partial charge in [-0.25, -0.2) is 4.57 Å². The van der Waals surface area contributed by atoms with Gasteiger partial charge in [0, 0.05) is 16.5 Å². The van der Waals surface area contributed by atoms with E-state index in [2.05, 4.69) is 66.7 Å². The van der Waals surface area contributed by atoms with E-state index < -0.39 is 0 Å². The van der Waals surface area contributed by atoms with Crippen LogP contribution >= 0.6 is 11.3 Å². The molecule has 0 aliphatic heterocycles. The number of rotatable bonds is 3. The Morgan fingerprint density at radius 2 is 2.19 bits per heavy atom. The normalized spacial score (nSPS) is 11.1. The van der Waals surface area contributed by atoms with Gasteiger partial charge in [0.2, 0.25) is 0 Å². The fourth-order valence-electron chi connectivity index (χ4n) is 1.68. The molecule has 0 spiro atoms. The van der Waals surface area contributed by atoms with E-state index in [9.17, 15) is 0 Å². The van der Waals surface area contributed by atoms with Gasteiger partial charge in [-0.15, -0.1) is 11.3 Å². The molecule has 0 unspecified atom stereocenters. The summed E-state index contributed by atoms with van der Waals surface area (Å²) >= 11 is 1.77. The van der Waals surface area contributed by atoms with E-state index in [0.29, 0.717) is 0 Å². The van der Waals surface area contributed by atoms with Crippen LogP contribution in [0.25, 0.3) is 12.2 Å². The molecule has 2 rings (SSSR count). The lowest BCUT2D eigenvalue weighted by Crippen LogP contribution is -2.27. The van der Waals surface area contributed by atoms with Gasteiger partial charge in [-0.1, -0.05) is 19.1 Å². The van der Waals surface area contributed by atoms with Crippen LogP contribution in [0.4, 0.5) is 0 Å². The van der Waals surface area contributed by atoms with Crippen molar-refractivity contribution in [2.24, 2.45) is 7.05 Å². The molecule has 2 aromatic rings. The summed E-state index contributed by atoms with van der Waals surface area (Å²) in [6.07, 6.45) is 9.73. The molecule has 1 nitrogen and oxygen atoms in total. The third kappa shape index (κ3) is 2.58. The van der Waals surface area contributed by atoms with E-state index in [1.807, 2.05) is 0 Å². The Kier molecular flexibility index (Phi) is 3.52. The highest BCUT2D eigenvalue weighted by molar-refractivity contribution is 7.10. The van der Waals surface area contributed by atoms with Crippen molar-refractivity contribution in [2.75, 3.05) is 0 Å². The monoisotopic (exact) mass is 230 g/mol. The summed E-state index contributed by atoms with van der Waals surface area (Å²) in [4.78, 5) is 1.30. The van der Waals surface area contributed by atoms with Crippen molar-refractivity contribution >= 4 is 23.5 Å². The highest BCUT2D eigenvalue weighted by atomic mass is 32.1. The average Bonchev–Trinajstić information content (AvgIpc) is 2.80. The van der Waals surface area contributed by atoms with Crippen LogP contribution in [-0.4, -0.2) is 0 Å². The van der Waals surface area contributed by atoms with E-state index in [1.54, 1.807) is 11.3 Å². The van der Waals surface area contributed by atoms with Crippen LogP contribution in [-0.2, 0) is 13.5 Å². The molecule has 0 aliphatic rings. The zero-order valence-corrected chi connectivity index (χ0v) is 10.5. The molecule has 2 heteroatoms. The van der Waals surface area contributed by atoms with Gasteiger partial charge in [0.25, 0.3) is 0 Å². The van der Waals surface area contributed by atoms with Crippen molar-refractivity contribution in [3.05, 3.63) is 52.0 Å². The SMILES string of the molecule is CCc1c[n+](C)ccc1/C=C/c1cccs1. The molecule has 2 heterocycles. The Hall–Kier alpha value is -1.41. The standard InChI is InChI=1S/C14H16NS/c1-3-12-11-15(2)9-8-13(12)6-7-14-5-4-10-16-14/h4-11H,3H2,1-2H3/q+1/b7-6+. The summed E-state index contributed by atoms with van der Waals surface area (Å²) in [5.74, 6) is 0. The molecule has 0 radical (unpaired) electrons. The summed E-state index contributed by atoms with van der Waals surface area (Å²) in [6.45, 7) is 2.19. The average molecular weight is 230 g/mol. The maximum atomic E-state index is 2.20. The second-order valence-corrected chi connectivity index (χ2v) is 4.77. The van der Waals surface area contributed by atoms with E-state index in [0.717, 1.165) is 6.42 Å². The van der Waals surface area contributed by atoms with E-state index in [-0.39, 0.29) is 0 Å². The van der Waals surface area contributed by atoms with Crippen molar-refractivity contribution < 1.29 is 4.57 Å². The van der Waals surface area contributed by atoms with Gasteiger partial charge in [0.05, 0.1) is 0 Å². The Morgan fingerprint density at radius 3 is 2.88 bits per heavy atom. The smallest absolute Gasteiger partial charge is 0.172 e. The van der Waals surface area contributed by atoms with Crippen molar-refractivity contribution in [3.8, 4) is 0 Å². The summed E-state index contributed by atoms with van der Waals surface area (Å²) in [6, 6.07) is 6.38. The first-order valence-corrected chi connectivity index (χ1v) is 6.37. The number of pyridine rings is 1. The van der Waals surface area contributed by atoms with Crippen molar-refractivity contribution in [1.29, 1.82) is 0 Å². The first kappa shape index (κ1) is 11.1. The minimum atomic E-state index is 1.07. The minimum absolute atomic E-state index is 1.07. The fourth-order valence-corrected chi connectivity index (χ4v) is 2.30. The van der Waals surface area contributed by atoms with Crippen LogP contribution in [0.2, 0.25) is 0 Å². The zero-order chi connectivity index (χ0) is 11.4. The molecule has 0 N–H and O–H groups in total. The number of nitrogens with zero attached hydrogens (tertiary/aromatic N) is 1. The molecule has 0 amide bonds. The van der Waals surface area contributed by atoms with Gasteiger partial charge in [-0.2, -0.15) is 0 Å². The molecule has 16 heavy (non-hydrogen) atoms. The van der Waals surface area contributed by atoms with Gasteiger partial charge in [-0.3, -0.25) is 0 Å². The molecular weight excluding hydrogens is 214 g/mol. The molecule has 2 aromatic heterocycles. The molecule has 0 aromatic carbocycles. The zero-order valence-electron chi connectivity index (χ0n) is 9.68. The Morgan fingerprint density at radius 1 is 1.31 bits per heavy atom. The molecule has 0 bridgehead atoms. The summed E-state index contributed by atoms with van der Waals surface area (Å²) < 4.78 is 2.10. The first-order valence-electron chi connectivity index (χ1n) is 5.49. The van der Waals surface area contributed by atoms with Crippen LogP contribution in [0.1, 0.15) is 22.9 Å². The van der Waals surface area contributed by atoms with E-state index in [1.165, 1.54) is 16.0 Å². The van der Waals surface area contributed by atoms with Crippen LogP contribution in [0.3, 0.4) is 0 Å². The van der Waals surface area contributed by atoms with E-state index in [4.69, 9.17) is 0 Å². The second kappa shape index (κ2) is 5.08. The minimum Gasteiger partial charge on any atom is -0.207 e. The van der Waals surface area contributed by atoms with Crippen LogP contribution < -0.4 is 4.57 Å². The highest BCUT2D eigenvalue weighted by Gasteiger charge is 2.02. The highest BCUT2D eigenvalue weighted by Crippen LogP contribution is 2.15. The van der Waals surface area contributed by atoms with Gasteiger partial charge in [-0.05, 0) is 29.5 Å². The molecule has 0 atom stereocenters. The summed E-state index contributed by atoms with van der Waals surface area (Å²) in [5, 5.41) is 2.10. The van der Waals surface area contributed by atoms with Gasteiger partial charge < -0.3 is 0 Å².